The second-order valence-electron chi connectivity index (χ2n) is 8.16. The van der Waals surface area contributed by atoms with Crippen LogP contribution in [0.25, 0.3) is 0 Å². The van der Waals surface area contributed by atoms with Crippen LogP contribution in [0.2, 0.25) is 0 Å². The summed E-state index contributed by atoms with van der Waals surface area (Å²) in [4.78, 5) is 25.9. The van der Waals surface area contributed by atoms with E-state index in [1.54, 1.807) is 6.07 Å². The van der Waals surface area contributed by atoms with E-state index >= 15 is 0 Å². The van der Waals surface area contributed by atoms with Crippen molar-refractivity contribution in [1.82, 2.24) is 15.6 Å². The summed E-state index contributed by atoms with van der Waals surface area (Å²) in [6.07, 6.45) is 3.91. The summed E-state index contributed by atoms with van der Waals surface area (Å²) < 4.78 is 0. The lowest BCUT2D eigenvalue weighted by Gasteiger charge is -2.19. The molecule has 0 radical (unpaired) electrons. The molecule has 0 saturated heterocycles. The van der Waals surface area contributed by atoms with Crippen molar-refractivity contribution < 1.29 is 4.79 Å². The smallest absolute Gasteiger partial charge is 0.256 e. The number of nitrogens with one attached hydrogen (secondary N) is 3. The molecule has 2 aliphatic rings. The summed E-state index contributed by atoms with van der Waals surface area (Å²) in [5.41, 5.74) is 8.27. The van der Waals surface area contributed by atoms with E-state index in [1.807, 2.05) is 25.1 Å². The summed E-state index contributed by atoms with van der Waals surface area (Å²) in [5, 5.41) is 19.0. The summed E-state index contributed by atoms with van der Waals surface area (Å²) in [5.74, 6) is 0.414. The summed E-state index contributed by atoms with van der Waals surface area (Å²) in [6.45, 7) is 7.60. The van der Waals surface area contributed by atoms with Crippen LogP contribution >= 0.6 is 0 Å². The van der Waals surface area contributed by atoms with Crippen molar-refractivity contribution in [2.45, 2.75) is 38.1 Å². The first kappa shape index (κ1) is 25.7. The minimum Gasteiger partial charge on any atom is -0.352 e. The summed E-state index contributed by atoms with van der Waals surface area (Å²) in [6, 6.07) is 13.9. The Morgan fingerprint density at radius 1 is 1.31 bits per heavy atom. The number of hydrogen-bond donors (Lipinski definition) is 4. The number of carbonyl (C=O) groups is 1. The van der Waals surface area contributed by atoms with Gasteiger partial charge in [0.1, 0.15) is 11.4 Å². The number of amides is 1. The van der Waals surface area contributed by atoms with Gasteiger partial charge in [-0.15, -0.1) is 0 Å². The van der Waals surface area contributed by atoms with Crippen molar-refractivity contribution in [3.8, 4) is 6.07 Å². The first-order chi connectivity index (χ1) is 17.1. The third kappa shape index (κ3) is 6.18. The van der Waals surface area contributed by atoms with E-state index in [4.69, 9.17) is 0 Å². The van der Waals surface area contributed by atoms with Crippen LogP contribution in [0.1, 0.15) is 36.6 Å². The van der Waals surface area contributed by atoms with Crippen molar-refractivity contribution in [3.05, 3.63) is 65.0 Å². The molecule has 0 atom stereocenters. The fraction of sp³-hybridized carbons (Fsp3) is 0.346. The van der Waals surface area contributed by atoms with E-state index in [0.29, 0.717) is 23.9 Å². The molecule has 9 nitrogen and oxygen atoms in total. The van der Waals surface area contributed by atoms with Crippen LogP contribution in [0.5, 0.6) is 0 Å². The first-order valence-electron chi connectivity index (χ1n) is 11.7. The van der Waals surface area contributed by atoms with Gasteiger partial charge >= 0.3 is 0 Å². The highest BCUT2D eigenvalue weighted by atomic mass is 16.1. The molecule has 1 aromatic heterocycles. The maximum absolute atomic E-state index is 12.8. The summed E-state index contributed by atoms with van der Waals surface area (Å²) in [7, 11) is 1.50. The summed E-state index contributed by atoms with van der Waals surface area (Å²) >= 11 is 0. The number of likely N-dealkylation sites (N-methyl/N-ethyl adjacent to an activating group) is 1. The number of nitrogens with two attached hydrogens (primary N) is 1. The maximum atomic E-state index is 12.8. The van der Waals surface area contributed by atoms with E-state index in [2.05, 4.69) is 61.6 Å². The lowest BCUT2D eigenvalue weighted by Crippen LogP contribution is -2.31. The zero-order chi connectivity index (χ0) is 25.3. The maximum Gasteiger partial charge on any atom is 0.256 e. The molecule has 2 heterocycles. The standard InChI is InChI=1S/C25H27N7O.CH5N/c1-3-29-24(33)20(15-27-2)23(30-19-8-7-18-14-28-12-9-17(18)13-19)32-22-6-4-5-21(31-22)25(16-26)10-11-25;1-2/h4-8,13,15,28H,2-3,9-12,14H2,1H3,(H,29,33)(H,30,31,32);2H2,1H3/b20-15+;. The number of nitrogens with zero attached hydrogens (tertiary/aromatic N) is 4. The first-order valence-corrected chi connectivity index (χ1v) is 11.7. The number of hydrogen-bond acceptors (Lipinski definition) is 7. The number of anilines is 1. The Kier molecular flexibility index (Phi) is 8.84. The molecule has 182 valence electrons. The van der Waals surface area contributed by atoms with Gasteiger partial charge in [-0.05, 0) is 81.9 Å². The van der Waals surface area contributed by atoms with Crippen molar-refractivity contribution in [1.29, 1.82) is 5.26 Å². The fourth-order valence-corrected chi connectivity index (χ4v) is 3.84. The number of fused-ring (bicyclic) bond motifs is 1. The molecule has 1 fully saturated rings. The van der Waals surface area contributed by atoms with Gasteiger partial charge in [-0.2, -0.15) is 5.26 Å². The lowest BCUT2D eigenvalue weighted by molar-refractivity contribution is -0.116. The predicted octanol–water partition coefficient (Wildman–Crippen LogP) is 2.72. The van der Waals surface area contributed by atoms with Gasteiger partial charge in [0, 0.05) is 25.0 Å². The Bertz CT molecular complexity index is 1170. The van der Waals surface area contributed by atoms with Crippen molar-refractivity contribution in [2.24, 2.45) is 15.7 Å². The molecule has 1 saturated carbocycles. The number of rotatable bonds is 7. The highest BCUT2D eigenvalue weighted by molar-refractivity contribution is 6.25. The molecule has 1 aromatic carbocycles. The van der Waals surface area contributed by atoms with Crippen LogP contribution in [0, 0.1) is 11.3 Å². The van der Waals surface area contributed by atoms with Crippen molar-refractivity contribution in [3.63, 3.8) is 0 Å². The van der Waals surface area contributed by atoms with Crippen LogP contribution in [-0.4, -0.2) is 43.6 Å². The molecule has 1 aliphatic carbocycles. The van der Waals surface area contributed by atoms with E-state index in [-0.39, 0.29) is 11.5 Å². The minimum atomic E-state index is -0.521. The Hall–Kier alpha value is -3.87. The van der Waals surface area contributed by atoms with Crippen molar-refractivity contribution in [2.75, 3.05) is 25.5 Å². The molecule has 2 aromatic rings. The van der Waals surface area contributed by atoms with Gasteiger partial charge in [-0.1, -0.05) is 12.1 Å². The number of aliphatic imine (C=N–C) groups is 2. The van der Waals surface area contributed by atoms with E-state index in [9.17, 15) is 10.1 Å². The predicted molar refractivity (Wildman–Crippen MR) is 140 cm³/mol. The largest absolute Gasteiger partial charge is 0.352 e. The molecular weight excluding hydrogens is 440 g/mol. The van der Waals surface area contributed by atoms with Gasteiger partial charge in [0.05, 0.1) is 17.2 Å². The average molecular weight is 473 g/mol. The lowest BCUT2D eigenvalue weighted by atomic mass is 10.0. The van der Waals surface area contributed by atoms with Gasteiger partial charge in [0.2, 0.25) is 0 Å². The molecule has 9 heteroatoms. The Labute approximate surface area is 206 Å². The number of nitriles is 1. The number of benzene rings is 1. The second kappa shape index (κ2) is 12.0. The molecule has 1 amide bonds. The zero-order valence-corrected chi connectivity index (χ0v) is 20.3. The van der Waals surface area contributed by atoms with Gasteiger partial charge < -0.3 is 21.7 Å². The minimum absolute atomic E-state index is 0.250. The van der Waals surface area contributed by atoms with Gasteiger partial charge in [0.25, 0.3) is 5.91 Å². The van der Waals surface area contributed by atoms with Crippen LogP contribution in [-0.2, 0) is 23.2 Å². The Morgan fingerprint density at radius 2 is 2.11 bits per heavy atom. The highest BCUT2D eigenvalue weighted by Crippen LogP contribution is 2.46. The quantitative estimate of drug-likeness (QED) is 0.277. The number of carbonyl (C=O) groups excluding carboxylic acids is 1. The number of aromatic nitrogens is 1. The normalized spacial score (nSPS) is 16.1. The van der Waals surface area contributed by atoms with Crippen LogP contribution < -0.4 is 21.7 Å². The van der Waals surface area contributed by atoms with E-state index < -0.39 is 5.41 Å². The number of amidine groups is 1. The van der Waals surface area contributed by atoms with Crippen LogP contribution in [0.4, 0.5) is 11.5 Å². The van der Waals surface area contributed by atoms with E-state index in [0.717, 1.165) is 38.0 Å². The average Bonchev–Trinajstić information content (AvgIpc) is 3.70. The molecule has 5 N–H and O–H groups in total. The molecular formula is C26H32N8O. The molecule has 35 heavy (non-hydrogen) atoms. The van der Waals surface area contributed by atoms with Crippen molar-refractivity contribution >= 4 is 30.0 Å². The topological polar surface area (TPSA) is 141 Å². The second-order valence-corrected chi connectivity index (χ2v) is 8.16. The highest BCUT2D eigenvalue weighted by Gasteiger charge is 2.46. The Morgan fingerprint density at radius 3 is 2.80 bits per heavy atom. The molecule has 1 aliphatic heterocycles. The van der Waals surface area contributed by atoms with E-state index in [1.165, 1.54) is 24.4 Å². The fourth-order valence-electron chi connectivity index (χ4n) is 3.84. The zero-order valence-electron chi connectivity index (χ0n) is 20.3. The third-order valence-corrected chi connectivity index (χ3v) is 5.83. The molecule has 0 spiro atoms. The SMILES string of the molecule is C=N/C=C(C(=O)NCC)\C(=N\c1cccc(C2(C#N)CC2)n1)Nc1ccc2c(c1)CCNC2.CN. The molecule has 0 bridgehead atoms. The van der Waals surface area contributed by atoms with Gasteiger partial charge in [0.15, 0.2) is 5.82 Å². The molecule has 0 unspecified atom stereocenters. The monoisotopic (exact) mass is 472 g/mol. The number of pyridine rings is 1. The third-order valence-electron chi connectivity index (χ3n) is 5.83. The Balaban J connectivity index is 0.00000167. The van der Waals surface area contributed by atoms with Gasteiger partial charge in [-0.25, -0.2) is 9.98 Å². The molecule has 4 rings (SSSR count). The van der Waals surface area contributed by atoms with Crippen LogP contribution in [0.15, 0.2) is 58.2 Å². The van der Waals surface area contributed by atoms with Gasteiger partial charge in [-0.3, -0.25) is 9.79 Å². The van der Waals surface area contributed by atoms with Crippen LogP contribution in [0.3, 0.4) is 0 Å².